The molecule has 10 heteroatoms. The van der Waals surface area contributed by atoms with Gasteiger partial charge in [-0.2, -0.15) is 9.40 Å². The predicted octanol–water partition coefficient (Wildman–Crippen LogP) is 3.41. The van der Waals surface area contributed by atoms with E-state index in [0.717, 1.165) is 24.4 Å². The van der Waals surface area contributed by atoms with Crippen LogP contribution >= 0.6 is 23.2 Å². The number of sulfonamides is 1. The number of nitrogens with zero attached hydrogens (tertiary/aromatic N) is 3. The van der Waals surface area contributed by atoms with Gasteiger partial charge in [-0.3, -0.25) is 9.48 Å². The van der Waals surface area contributed by atoms with E-state index in [2.05, 4.69) is 10.4 Å². The molecule has 1 fully saturated rings. The van der Waals surface area contributed by atoms with Crippen molar-refractivity contribution in [3.63, 3.8) is 0 Å². The highest BCUT2D eigenvalue weighted by atomic mass is 35.5. The molecule has 0 spiro atoms. The van der Waals surface area contributed by atoms with Crippen LogP contribution in [-0.4, -0.2) is 48.0 Å². The van der Waals surface area contributed by atoms with Crippen LogP contribution in [-0.2, 0) is 21.4 Å². The van der Waals surface area contributed by atoms with Crippen LogP contribution in [0.15, 0.2) is 29.2 Å². The van der Waals surface area contributed by atoms with Crippen LogP contribution in [0.25, 0.3) is 0 Å². The molecule has 0 aliphatic carbocycles. The average molecular weight is 473 g/mol. The fourth-order valence-corrected chi connectivity index (χ4v) is 5.87. The van der Waals surface area contributed by atoms with E-state index in [1.54, 1.807) is 6.07 Å². The molecular formula is C20H26Cl2N4O3S. The number of piperidine rings is 1. The highest BCUT2D eigenvalue weighted by molar-refractivity contribution is 7.89. The minimum absolute atomic E-state index is 0.00344. The third-order valence-corrected chi connectivity index (χ3v) is 7.90. The highest BCUT2D eigenvalue weighted by Gasteiger charge is 2.33. The lowest BCUT2D eigenvalue weighted by Gasteiger charge is -2.30. The SMILES string of the molecule is Cc1cc(C)n(CCCNC(=O)C2CCN(S(=O)(=O)c3cc(Cl)ccc3Cl)CC2)n1. The molecule has 1 aromatic heterocycles. The van der Waals surface area contributed by atoms with E-state index < -0.39 is 10.0 Å². The first-order valence-corrected chi connectivity index (χ1v) is 12.1. The van der Waals surface area contributed by atoms with Gasteiger partial charge < -0.3 is 5.32 Å². The van der Waals surface area contributed by atoms with Gasteiger partial charge in [0.2, 0.25) is 15.9 Å². The molecule has 0 atom stereocenters. The van der Waals surface area contributed by atoms with Crippen molar-refractivity contribution in [2.75, 3.05) is 19.6 Å². The molecule has 3 rings (SSSR count). The summed E-state index contributed by atoms with van der Waals surface area (Å²) >= 11 is 12.0. The summed E-state index contributed by atoms with van der Waals surface area (Å²) in [7, 11) is -3.74. The Hall–Kier alpha value is -1.61. The van der Waals surface area contributed by atoms with Crippen LogP contribution in [0.4, 0.5) is 0 Å². The molecule has 0 radical (unpaired) electrons. The Morgan fingerprint density at radius 3 is 2.53 bits per heavy atom. The summed E-state index contributed by atoms with van der Waals surface area (Å²) in [5.74, 6) is -0.221. The Kier molecular flexibility index (Phi) is 7.44. The molecule has 1 N–H and O–H groups in total. The molecule has 2 aromatic rings. The van der Waals surface area contributed by atoms with E-state index in [1.165, 1.54) is 16.4 Å². The normalized spacial score (nSPS) is 16.0. The largest absolute Gasteiger partial charge is 0.356 e. The molecule has 0 bridgehead atoms. The minimum atomic E-state index is -3.74. The number of halogens is 2. The van der Waals surface area contributed by atoms with Crippen LogP contribution in [0.3, 0.4) is 0 Å². The van der Waals surface area contributed by atoms with Crippen molar-refractivity contribution < 1.29 is 13.2 Å². The topological polar surface area (TPSA) is 84.3 Å². The molecule has 2 heterocycles. The third-order valence-electron chi connectivity index (χ3n) is 5.29. The molecule has 1 saturated heterocycles. The zero-order valence-electron chi connectivity index (χ0n) is 17.1. The van der Waals surface area contributed by atoms with Crippen molar-refractivity contribution in [2.45, 2.75) is 44.6 Å². The maximum absolute atomic E-state index is 12.9. The van der Waals surface area contributed by atoms with Gasteiger partial charge in [0.1, 0.15) is 4.90 Å². The number of benzene rings is 1. The summed E-state index contributed by atoms with van der Waals surface area (Å²) in [5.41, 5.74) is 2.09. The number of carbonyl (C=O) groups excluding carboxylic acids is 1. The van der Waals surface area contributed by atoms with E-state index in [4.69, 9.17) is 23.2 Å². The molecule has 164 valence electrons. The Morgan fingerprint density at radius 2 is 1.90 bits per heavy atom. The first-order chi connectivity index (χ1) is 14.2. The first-order valence-electron chi connectivity index (χ1n) is 9.92. The number of hydrogen-bond acceptors (Lipinski definition) is 4. The summed E-state index contributed by atoms with van der Waals surface area (Å²) in [5, 5.41) is 7.83. The third kappa shape index (κ3) is 5.35. The van der Waals surface area contributed by atoms with Crippen LogP contribution in [0.2, 0.25) is 10.0 Å². The predicted molar refractivity (Wildman–Crippen MR) is 117 cm³/mol. The molecule has 0 unspecified atom stereocenters. The van der Waals surface area contributed by atoms with Crippen LogP contribution < -0.4 is 5.32 Å². The van der Waals surface area contributed by atoms with Gasteiger partial charge in [0.05, 0.1) is 10.7 Å². The lowest BCUT2D eigenvalue weighted by molar-refractivity contribution is -0.126. The molecule has 1 amide bonds. The second-order valence-electron chi connectivity index (χ2n) is 7.55. The quantitative estimate of drug-likeness (QED) is 0.625. The summed E-state index contributed by atoms with van der Waals surface area (Å²) in [6.45, 7) is 5.82. The van der Waals surface area contributed by atoms with Gasteiger partial charge in [-0.15, -0.1) is 0 Å². The van der Waals surface area contributed by atoms with Crippen molar-refractivity contribution >= 4 is 39.1 Å². The summed E-state index contributed by atoms with van der Waals surface area (Å²) < 4.78 is 29.1. The Labute approximate surface area is 187 Å². The van der Waals surface area contributed by atoms with E-state index in [1.807, 2.05) is 24.6 Å². The van der Waals surface area contributed by atoms with E-state index in [9.17, 15) is 13.2 Å². The number of aryl methyl sites for hydroxylation is 3. The molecular weight excluding hydrogens is 447 g/mol. The van der Waals surface area contributed by atoms with Crippen LogP contribution in [0.5, 0.6) is 0 Å². The van der Waals surface area contributed by atoms with Crippen molar-refractivity contribution in [2.24, 2.45) is 5.92 Å². The number of hydrogen-bond donors (Lipinski definition) is 1. The van der Waals surface area contributed by atoms with E-state index in [-0.39, 0.29) is 34.8 Å². The van der Waals surface area contributed by atoms with Gasteiger partial charge in [-0.05, 0) is 57.4 Å². The van der Waals surface area contributed by atoms with E-state index >= 15 is 0 Å². The standard InChI is InChI=1S/C20H26Cl2N4O3S/c1-14-12-15(2)26(24-14)9-3-8-23-20(27)16-6-10-25(11-7-16)30(28,29)19-13-17(21)4-5-18(19)22/h4-5,12-13,16H,3,6-11H2,1-2H3,(H,23,27). The fourth-order valence-electron chi connectivity index (χ4n) is 3.66. The van der Waals surface area contributed by atoms with Crippen molar-refractivity contribution in [3.8, 4) is 0 Å². The molecule has 30 heavy (non-hydrogen) atoms. The van der Waals surface area contributed by atoms with Gasteiger partial charge in [-0.25, -0.2) is 8.42 Å². The number of carbonyl (C=O) groups is 1. The lowest BCUT2D eigenvalue weighted by atomic mass is 9.97. The van der Waals surface area contributed by atoms with Gasteiger partial charge in [0.15, 0.2) is 0 Å². The Morgan fingerprint density at radius 1 is 1.20 bits per heavy atom. The zero-order chi connectivity index (χ0) is 21.9. The first kappa shape index (κ1) is 23.1. The maximum atomic E-state index is 12.9. The van der Waals surface area contributed by atoms with Crippen molar-refractivity contribution in [1.82, 2.24) is 19.4 Å². The van der Waals surface area contributed by atoms with Crippen LogP contribution in [0, 0.1) is 19.8 Å². The van der Waals surface area contributed by atoms with Gasteiger partial charge in [-0.1, -0.05) is 23.2 Å². The van der Waals surface area contributed by atoms with E-state index in [0.29, 0.717) is 24.4 Å². The van der Waals surface area contributed by atoms with Gasteiger partial charge >= 0.3 is 0 Å². The summed E-state index contributed by atoms with van der Waals surface area (Å²) in [6.07, 6.45) is 1.73. The monoisotopic (exact) mass is 472 g/mol. The van der Waals surface area contributed by atoms with Gasteiger partial charge in [0, 0.05) is 42.8 Å². The zero-order valence-corrected chi connectivity index (χ0v) is 19.4. The summed E-state index contributed by atoms with van der Waals surface area (Å²) in [4.78, 5) is 12.5. The number of amides is 1. The Bertz CT molecular complexity index is 1020. The smallest absolute Gasteiger partial charge is 0.244 e. The summed E-state index contributed by atoms with van der Waals surface area (Å²) in [6, 6.07) is 6.41. The second-order valence-corrected chi connectivity index (χ2v) is 10.3. The molecule has 1 aliphatic rings. The molecule has 1 aliphatic heterocycles. The minimum Gasteiger partial charge on any atom is -0.356 e. The highest BCUT2D eigenvalue weighted by Crippen LogP contribution is 2.30. The number of nitrogens with one attached hydrogen (secondary N) is 1. The number of rotatable bonds is 7. The van der Waals surface area contributed by atoms with Crippen LogP contribution in [0.1, 0.15) is 30.7 Å². The maximum Gasteiger partial charge on any atom is 0.244 e. The molecule has 7 nitrogen and oxygen atoms in total. The average Bonchev–Trinajstić information content (AvgIpc) is 3.04. The fraction of sp³-hybridized carbons (Fsp3) is 0.500. The molecule has 0 saturated carbocycles. The van der Waals surface area contributed by atoms with Crippen molar-refractivity contribution in [1.29, 1.82) is 0 Å². The molecule has 1 aromatic carbocycles. The lowest BCUT2D eigenvalue weighted by Crippen LogP contribution is -2.43. The Balaban J connectivity index is 1.48. The number of aromatic nitrogens is 2. The van der Waals surface area contributed by atoms with Crippen molar-refractivity contribution in [3.05, 3.63) is 45.7 Å². The van der Waals surface area contributed by atoms with Gasteiger partial charge in [0.25, 0.3) is 0 Å². The second kappa shape index (κ2) is 9.68.